The summed E-state index contributed by atoms with van der Waals surface area (Å²) >= 11 is 0. The normalized spacial score (nSPS) is 12.4. The summed E-state index contributed by atoms with van der Waals surface area (Å²) < 4.78 is 0. The molecule has 0 aromatic heterocycles. The highest BCUT2D eigenvalue weighted by molar-refractivity contribution is 5.73. The molecule has 4 heteroatoms. The standard InChI is InChI=1S/C9H11NO3/c10-8(9(12)13)5-6-1-3-7(11)4-2-6/h1-4,8,11H,5,10H2,(H,12,13)/t8-/m0/s1/i8+1,10+1. The smallest absolute Gasteiger partial charge is 0.320 e. The SMILES string of the molecule is [15NH2][13C@@H](Cc1ccc(O)cc1)C(=O)O. The molecule has 4 N–H and O–H groups in total. The number of phenols is 1. The lowest BCUT2D eigenvalue weighted by molar-refractivity contribution is -0.138. The van der Waals surface area contributed by atoms with E-state index in [0.717, 1.165) is 5.56 Å². The van der Waals surface area contributed by atoms with Gasteiger partial charge in [0, 0.05) is 0 Å². The van der Waals surface area contributed by atoms with Gasteiger partial charge in [0.2, 0.25) is 0 Å². The maximum Gasteiger partial charge on any atom is 0.320 e. The zero-order valence-electron chi connectivity index (χ0n) is 6.97. The van der Waals surface area contributed by atoms with Crippen LogP contribution in [0.3, 0.4) is 0 Å². The van der Waals surface area contributed by atoms with Crippen LogP contribution in [0.4, 0.5) is 0 Å². The maximum atomic E-state index is 10.4. The first kappa shape index (κ1) is 9.54. The van der Waals surface area contributed by atoms with Crippen LogP contribution in [0.25, 0.3) is 0 Å². The number of carboxylic acids is 1. The molecule has 0 spiro atoms. The lowest BCUT2D eigenvalue weighted by Gasteiger charge is -2.05. The molecule has 0 fully saturated rings. The zero-order valence-corrected chi connectivity index (χ0v) is 6.97. The lowest BCUT2D eigenvalue weighted by Crippen LogP contribution is -2.32. The van der Waals surface area contributed by atoms with Crippen molar-refractivity contribution >= 4 is 5.97 Å². The highest BCUT2D eigenvalue weighted by atomic mass is 16.4. The average Bonchev–Trinajstić information content (AvgIpc) is 2.08. The molecule has 0 aliphatic heterocycles. The van der Waals surface area contributed by atoms with E-state index in [9.17, 15) is 4.79 Å². The highest BCUT2D eigenvalue weighted by Gasteiger charge is 2.11. The van der Waals surface area contributed by atoms with Crippen molar-refractivity contribution in [1.29, 1.82) is 0 Å². The number of rotatable bonds is 3. The fraction of sp³-hybridized carbons (Fsp3) is 0.222. The van der Waals surface area contributed by atoms with Crippen LogP contribution in [0.2, 0.25) is 0 Å². The van der Waals surface area contributed by atoms with Crippen LogP contribution in [0.5, 0.6) is 5.75 Å². The number of hydrogen-bond donors (Lipinski definition) is 3. The summed E-state index contributed by atoms with van der Waals surface area (Å²) in [5.41, 5.74) is 6.12. The second-order valence-electron chi connectivity index (χ2n) is 2.82. The third-order valence-corrected chi connectivity index (χ3v) is 1.71. The zero-order chi connectivity index (χ0) is 9.84. The largest absolute Gasteiger partial charge is 0.508 e. The number of nitrogens with two attached hydrogens (primary N) is 1. The number of aromatic hydroxyl groups is 1. The molecule has 70 valence electrons. The Kier molecular flexibility index (Phi) is 2.87. The molecular formula is C9H11NO3. The molecule has 4 nitrogen and oxygen atoms in total. The molecule has 0 aliphatic rings. The van der Waals surface area contributed by atoms with Crippen LogP contribution in [-0.4, -0.2) is 22.2 Å². The van der Waals surface area contributed by atoms with E-state index in [0.29, 0.717) is 0 Å². The van der Waals surface area contributed by atoms with Crippen molar-refractivity contribution in [3.8, 4) is 5.75 Å². The van der Waals surface area contributed by atoms with Crippen molar-refractivity contribution in [3.63, 3.8) is 0 Å². The van der Waals surface area contributed by atoms with Crippen molar-refractivity contribution in [1.82, 2.24) is 0 Å². The Balaban J connectivity index is 2.64. The molecule has 1 rings (SSSR count). The molecular weight excluding hydrogens is 172 g/mol. The van der Waals surface area contributed by atoms with Gasteiger partial charge in [0.05, 0.1) is 0 Å². The van der Waals surface area contributed by atoms with E-state index in [2.05, 4.69) is 0 Å². The van der Waals surface area contributed by atoms with Gasteiger partial charge in [0.1, 0.15) is 11.8 Å². The van der Waals surface area contributed by atoms with Crippen LogP contribution >= 0.6 is 0 Å². The number of carbonyl (C=O) groups is 1. The molecule has 0 amide bonds. The van der Waals surface area contributed by atoms with E-state index in [1.54, 1.807) is 12.1 Å². The molecule has 0 saturated carbocycles. The third kappa shape index (κ3) is 2.76. The van der Waals surface area contributed by atoms with Crippen LogP contribution in [0.1, 0.15) is 5.56 Å². The summed E-state index contributed by atoms with van der Waals surface area (Å²) in [5, 5.41) is 17.5. The summed E-state index contributed by atoms with van der Waals surface area (Å²) in [7, 11) is 0. The Morgan fingerprint density at radius 2 is 1.92 bits per heavy atom. The van der Waals surface area contributed by atoms with Crippen LogP contribution in [0, 0.1) is 0 Å². The molecule has 1 atom stereocenters. The van der Waals surface area contributed by atoms with Gasteiger partial charge in [0.25, 0.3) is 0 Å². The third-order valence-electron chi connectivity index (χ3n) is 1.71. The number of carboxylic acid groups (broad SMARTS) is 1. The fourth-order valence-electron chi connectivity index (χ4n) is 0.973. The van der Waals surface area contributed by atoms with Gasteiger partial charge in [-0.05, 0) is 24.1 Å². The number of hydrogen-bond acceptors (Lipinski definition) is 3. The van der Waals surface area contributed by atoms with Gasteiger partial charge in [0.15, 0.2) is 0 Å². The highest BCUT2D eigenvalue weighted by Crippen LogP contribution is 2.10. The van der Waals surface area contributed by atoms with Gasteiger partial charge in [-0.1, -0.05) is 12.1 Å². The van der Waals surface area contributed by atoms with Gasteiger partial charge in [-0.2, -0.15) is 0 Å². The van der Waals surface area contributed by atoms with Crippen molar-refractivity contribution in [2.45, 2.75) is 12.5 Å². The van der Waals surface area contributed by atoms with E-state index in [4.69, 9.17) is 15.9 Å². The maximum absolute atomic E-state index is 10.4. The van der Waals surface area contributed by atoms with Gasteiger partial charge >= 0.3 is 5.97 Å². The van der Waals surface area contributed by atoms with E-state index in [1.807, 2.05) is 0 Å². The first-order valence-electron chi connectivity index (χ1n) is 3.86. The van der Waals surface area contributed by atoms with E-state index in [-0.39, 0.29) is 12.2 Å². The molecule has 0 unspecified atom stereocenters. The number of phenolic OH excluding ortho intramolecular Hbond substituents is 1. The molecule has 0 saturated heterocycles. The molecule has 1 aromatic rings. The van der Waals surface area contributed by atoms with Crippen molar-refractivity contribution in [2.24, 2.45) is 5.73 Å². The van der Waals surface area contributed by atoms with Gasteiger partial charge in [-0.15, -0.1) is 0 Å². The Labute approximate surface area is 75.6 Å². The second-order valence-corrected chi connectivity index (χ2v) is 2.82. The first-order chi connectivity index (χ1) is 6.09. The minimum atomic E-state index is -1.02. The molecule has 0 radical (unpaired) electrons. The molecule has 0 aliphatic carbocycles. The molecule has 0 heterocycles. The van der Waals surface area contributed by atoms with E-state index in [1.165, 1.54) is 12.1 Å². The topological polar surface area (TPSA) is 83.5 Å². The van der Waals surface area contributed by atoms with Crippen molar-refractivity contribution in [3.05, 3.63) is 29.8 Å². The van der Waals surface area contributed by atoms with Gasteiger partial charge in [-0.3, -0.25) is 4.79 Å². The number of benzene rings is 1. The summed E-state index contributed by atoms with van der Waals surface area (Å²) in [5.74, 6) is -0.860. The lowest BCUT2D eigenvalue weighted by atomic mass is 10.2. The average molecular weight is 183 g/mol. The Morgan fingerprint density at radius 3 is 2.38 bits per heavy atom. The predicted molar refractivity (Wildman–Crippen MR) is 47.4 cm³/mol. The van der Waals surface area contributed by atoms with Crippen LogP contribution < -0.4 is 5.73 Å². The Hall–Kier alpha value is -1.55. The number of aliphatic carboxylic acids is 1. The van der Waals surface area contributed by atoms with Crippen LogP contribution in [-0.2, 0) is 11.2 Å². The summed E-state index contributed by atoms with van der Waals surface area (Å²) in [6.07, 6.45) is 0.273. The predicted octanol–water partition coefficient (Wildman–Crippen LogP) is 0.347. The monoisotopic (exact) mass is 183 g/mol. The molecule has 0 bridgehead atoms. The summed E-state index contributed by atoms with van der Waals surface area (Å²) in [6, 6.07) is 5.42. The minimum absolute atomic E-state index is 0.160. The Bertz CT molecular complexity index is 294. The van der Waals surface area contributed by atoms with Crippen molar-refractivity contribution in [2.75, 3.05) is 0 Å². The molecule has 13 heavy (non-hydrogen) atoms. The molecule has 1 aromatic carbocycles. The quantitative estimate of drug-likeness (QED) is 0.466. The fourth-order valence-corrected chi connectivity index (χ4v) is 0.973. The van der Waals surface area contributed by atoms with Crippen molar-refractivity contribution < 1.29 is 15.0 Å². The van der Waals surface area contributed by atoms with E-state index >= 15 is 0 Å². The summed E-state index contributed by atoms with van der Waals surface area (Å²) in [4.78, 5) is 10.4. The van der Waals surface area contributed by atoms with Gasteiger partial charge < -0.3 is 15.9 Å². The second kappa shape index (κ2) is 3.91. The minimum Gasteiger partial charge on any atom is -0.508 e. The Morgan fingerprint density at radius 1 is 1.38 bits per heavy atom. The van der Waals surface area contributed by atoms with Gasteiger partial charge in [-0.25, -0.2) is 0 Å². The van der Waals surface area contributed by atoms with Crippen LogP contribution in [0.15, 0.2) is 24.3 Å². The summed E-state index contributed by atoms with van der Waals surface area (Å²) in [6.45, 7) is 0. The van der Waals surface area contributed by atoms with E-state index < -0.39 is 12.0 Å². The first-order valence-corrected chi connectivity index (χ1v) is 3.86.